The van der Waals surface area contributed by atoms with Crippen LogP contribution in [-0.2, 0) is 4.79 Å². The van der Waals surface area contributed by atoms with Crippen molar-refractivity contribution in [3.8, 4) is 0 Å². The predicted octanol–water partition coefficient (Wildman–Crippen LogP) is 1.59. The van der Waals surface area contributed by atoms with E-state index in [4.69, 9.17) is 5.11 Å². The van der Waals surface area contributed by atoms with E-state index in [1.165, 1.54) is 4.90 Å². The maximum absolute atomic E-state index is 12.0. The Labute approximate surface area is 107 Å². The Bertz CT molecular complexity index is 261. The maximum Gasteiger partial charge on any atom is 0.319 e. The van der Waals surface area contributed by atoms with E-state index < -0.39 is 5.97 Å². The minimum absolute atomic E-state index is 0.0185. The summed E-state index contributed by atoms with van der Waals surface area (Å²) < 4.78 is 0. The monoisotopic (exact) mass is 262 g/mol. The van der Waals surface area contributed by atoms with Crippen LogP contribution >= 0.6 is 11.8 Å². The molecule has 100 valence electrons. The van der Waals surface area contributed by atoms with Gasteiger partial charge in [0.05, 0.1) is 6.42 Å². The van der Waals surface area contributed by atoms with Crippen LogP contribution in [0.15, 0.2) is 0 Å². The van der Waals surface area contributed by atoms with Gasteiger partial charge >= 0.3 is 12.0 Å². The van der Waals surface area contributed by atoms with Crippen LogP contribution in [0, 0.1) is 0 Å². The fraction of sp³-hybridized carbons (Fsp3) is 0.818. The molecule has 0 aliphatic heterocycles. The second-order valence-electron chi connectivity index (χ2n) is 3.98. The molecule has 0 spiro atoms. The Morgan fingerprint density at radius 2 is 1.94 bits per heavy atom. The van der Waals surface area contributed by atoms with Crippen LogP contribution in [0.4, 0.5) is 4.79 Å². The van der Waals surface area contributed by atoms with Gasteiger partial charge in [-0.3, -0.25) is 4.79 Å². The van der Waals surface area contributed by atoms with Crippen molar-refractivity contribution in [3.05, 3.63) is 0 Å². The average Bonchev–Trinajstić information content (AvgIpc) is 2.31. The number of carbonyl (C=O) groups excluding carboxylic acids is 1. The van der Waals surface area contributed by atoms with E-state index in [1.54, 1.807) is 30.8 Å². The van der Waals surface area contributed by atoms with Gasteiger partial charge in [0.25, 0.3) is 0 Å². The van der Waals surface area contributed by atoms with Crippen LogP contribution in [-0.4, -0.2) is 65.6 Å². The second-order valence-corrected chi connectivity index (χ2v) is 4.89. The van der Waals surface area contributed by atoms with Gasteiger partial charge in [-0.05, 0) is 12.7 Å². The minimum Gasteiger partial charge on any atom is -0.481 e. The van der Waals surface area contributed by atoms with E-state index in [-0.39, 0.29) is 25.0 Å². The summed E-state index contributed by atoms with van der Waals surface area (Å²) in [6.45, 7) is 2.29. The molecule has 0 aliphatic rings. The van der Waals surface area contributed by atoms with E-state index >= 15 is 0 Å². The molecule has 0 aromatic heterocycles. The summed E-state index contributed by atoms with van der Waals surface area (Å²) in [5, 5.41) is 8.57. The lowest BCUT2D eigenvalue weighted by Crippen LogP contribution is -2.45. The molecule has 1 N–H and O–H groups in total. The Morgan fingerprint density at radius 1 is 1.35 bits per heavy atom. The number of nitrogens with zero attached hydrogens (tertiary/aromatic N) is 2. The first-order valence-electron chi connectivity index (χ1n) is 5.62. The molecule has 6 heteroatoms. The van der Waals surface area contributed by atoms with Gasteiger partial charge in [-0.1, -0.05) is 6.92 Å². The van der Waals surface area contributed by atoms with E-state index in [0.717, 1.165) is 12.2 Å². The molecule has 0 radical (unpaired) electrons. The van der Waals surface area contributed by atoms with E-state index in [2.05, 4.69) is 0 Å². The predicted molar refractivity (Wildman–Crippen MR) is 70.5 cm³/mol. The summed E-state index contributed by atoms with van der Waals surface area (Å²) >= 11 is 1.70. The van der Waals surface area contributed by atoms with Gasteiger partial charge < -0.3 is 14.9 Å². The first-order chi connectivity index (χ1) is 7.93. The fourth-order valence-corrected chi connectivity index (χ4v) is 2.32. The Morgan fingerprint density at radius 3 is 2.35 bits per heavy atom. The normalized spacial score (nSPS) is 12.0. The van der Waals surface area contributed by atoms with E-state index in [1.807, 2.05) is 13.2 Å². The van der Waals surface area contributed by atoms with Crippen molar-refractivity contribution in [1.82, 2.24) is 9.80 Å². The lowest BCUT2D eigenvalue weighted by Gasteiger charge is -2.30. The van der Waals surface area contributed by atoms with Gasteiger partial charge in [-0.15, -0.1) is 0 Å². The van der Waals surface area contributed by atoms with Gasteiger partial charge in [0.15, 0.2) is 0 Å². The summed E-state index contributed by atoms with van der Waals surface area (Å²) in [6, 6.07) is 0.0805. The number of carbonyl (C=O) groups is 2. The highest BCUT2D eigenvalue weighted by atomic mass is 32.2. The number of hydrogen-bond acceptors (Lipinski definition) is 3. The Hall–Kier alpha value is -0.910. The van der Waals surface area contributed by atoms with Crippen molar-refractivity contribution in [1.29, 1.82) is 0 Å². The summed E-state index contributed by atoms with van der Waals surface area (Å²) in [5.41, 5.74) is 0. The highest BCUT2D eigenvalue weighted by Gasteiger charge is 2.21. The molecule has 0 heterocycles. The number of carboxylic acids is 1. The SMILES string of the molecule is CCC(CSC)N(C)C(=O)N(C)CCC(=O)O. The van der Waals surface area contributed by atoms with Crippen molar-refractivity contribution in [2.45, 2.75) is 25.8 Å². The number of hydrogen-bond donors (Lipinski definition) is 1. The molecule has 1 atom stereocenters. The number of aliphatic carboxylic acids is 1. The van der Waals surface area contributed by atoms with Crippen molar-refractivity contribution in [2.75, 3.05) is 32.6 Å². The number of thioether (sulfide) groups is 1. The van der Waals surface area contributed by atoms with Crippen molar-refractivity contribution in [2.24, 2.45) is 0 Å². The molecule has 0 bridgehead atoms. The molecule has 0 aromatic carbocycles. The van der Waals surface area contributed by atoms with Gasteiger partial charge in [0.2, 0.25) is 0 Å². The first kappa shape index (κ1) is 16.1. The molecule has 0 aliphatic carbocycles. The van der Waals surface area contributed by atoms with Crippen molar-refractivity contribution >= 4 is 23.8 Å². The van der Waals surface area contributed by atoms with Crippen LogP contribution in [0.3, 0.4) is 0 Å². The molecular weight excluding hydrogens is 240 g/mol. The molecule has 17 heavy (non-hydrogen) atoms. The number of rotatable bonds is 7. The summed E-state index contributed by atoms with van der Waals surface area (Å²) in [7, 11) is 3.40. The molecule has 1 unspecified atom stereocenters. The zero-order valence-electron chi connectivity index (χ0n) is 11.0. The summed E-state index contributed by atoms with van der Waals surface area (Å²) in [4.78, 5) is 25.6. The zero-order valence-corrected chi connectivity index (χ0v) is 11.8. The second kappa shape index (κ2) is 8.22. The lowest BCUT2D eigenvalue weighted by atomic mass is 10.2. The Kier molecular flexibility index (Phi) is 7.78. The largest absolute Gasteiger partial charge is 0.481 e. The maximum atomic E-state index is 12.0. The highest BCUT2D eigenvalue weighted by Crippen LogP contribution is 2.10. The van der Waals surface area contributed by atoms with Gasteiger partial charge in [0, 0.05) is 32.4 Å². The number of urea groups is 1. The number of amides is 2. The summed E-state index contributed by atoms with van der Waals surface area (Å²) in [5.74, 6) is 0.00867. The summed E-state index contributed by atoms with van der Waals surface area (Å²) in [6.07, 6.45) is 2.89. The van der Waals surface area contributed by atoms with Gasteiger partial charge in [-0.2, -0.15) is 11.8 Å². The standard InChI is InChI=1S/C11H22N2O3S/c1-5-9(8-17-4)13(3)11(16)12(2)7-6-10(14)15/h9H,5-8H2,1-4H3,(H,14,15). The van der Waals surface area contributed by atoms with Gasteiger partial charge in [-0.25, -0.2) is 4.79 Å². The Balaban J connectivity index is 4.30. The lowest BCUT2D eigenvalue weighted by molar-refractivity contribution is -0.137. The van der Waals surface area contributed by atoms with Crippen molar-refractivity contribution in [3.63, 3.8) is 0 Å². The molecular formula is C11H22N2O3S. The van der Waals surface area contributed by atoms with Crippen molar-refractivity contribution < 1.29 is 14.7 Å². The quantitative estimate of drug-likeness (QED) is 0.757. The third-order valence-corrected chi connectivity index (χ3v) is 3.39. The molecule has 0 fully saturated rings. The third kappa shape index (κ3) is 5.81. The molecule has 0 rings (SSSR count). The highest BCUT2D eigenvalue weighted by molar-refractivity contribution is 7.98. The first-order valence-corrected chi connectivity index (χ1v) is 7.02. The minimum atomic E-state index is -0.886. The van der Waals surface area contributed by atoms with Crippen LogP contribution < -0.4 is 0 Å². The van der Waals surface area contributed by atoms with E-state index in [0.29, 0.717) is 0 Å². The molecule has 0 aromatic rings. The van der Waals surface area contributed by atoms with Gasteiger partial charge in [0.1, 0.15) is 0 Å². The van der Waals surface area contributed by atoms with Crippen LogP contribution in [0.2, 0.25) is 0 Å². The smallest absolute Gasteiger partial charge is 0.319 e. The zero-order chi connectivity index (χ0) is 13.4. The number of carboxylic acid groups (broad SMARTS) is 1. The third-order valence-electron chi connectivity index (χ3n) is 2.67. The topological polar surface area (TPSA) is 60.9 Å². The van der Waals surface area contributed by atoms with Crippen LogP contribution in [0.1, 0.15) is 19.8 Å². The van der Waals surface area contributed by atoms with Crippen LogP contribution in [0.5, 0.6) is 0 Å². The molecule has 5 nitrogen and oxygen atoms in total. The molecule has 0 saturated carbocycles. The molecule has 2 amide bonds. The molecule has 0 saturated heterocycles. The fourth-order valence-electron chi connectivity index (χ4n) is 1.48. The van der Waals surface area contributed by atoms with Crippen LogP contribution in [0.25, 0.3) is 0 Å². The van der Waals surface area contributed by atoms with E-state index in [9.17, 15) is 9.59 Å². The average molecular weight is 262 g/mol.